The van der Waals surface area contributed by atoms with Gasteiger partial charge in [0.1, 0.15) is 11.3 Å². The predicted octanol–water partition coefficient (Wildman–Crippen LogP) is 3.14. The second kappa shape index (κ2) is 13.7. The lowest BCUT2D eigenvalue weighted by atomic mass is 10.00. The first-order chi connectivity index (χ1) is 12.7. The van der Waals surface area contributed by atoms with E-state index in [0.717, 1.165) is 5.71 Å². The van der Waals surface area contributed by atoms with Crippen LogP contribution < -0.4 is 5.73 Å². The Balaban J connectivity index is 0. The molecule has 0 bridgehead atoms. The lowest BCUT2D eigenvalue weighted by Gasteiger charge is -2.32. The molecule has 27 heavy (non-hydrogen) atoms. The fourth-order valence-electron chi connectivity index (χ4n) is 2.17. The summed E-state index contributed by atoms with van der Waals surface area (Å²) in [5.41, 5.74) is 6.65. The van der Waals surface area contributed by atoms with Crippen LogP contribution in [0.1, 0.15) is 54.9 Å². The topological polar surface area (TPSA) is 94.2 Å². The number of nitrogens with zero attached hydrogens (tertiary/aromatic N) is 2. The normalized spacial score (nSPS) is 16.9. The van der Waals surface area contributed by atoms with E-state index in [2.05, 4.69) is 17.8 Å². The van der Waals surface area contributed by atoms with Crippen molar-refractivity contribution >= 4 is 17.8 Å². The summed E-state index contributed by atoms with van der Waals surface area (Å²) in [4.78, 5) is 30.0. The van der Waals surface area contributed by atoms with E-state index in [9.17, 15) is 9.59 Å². The van der Waals surface area contributed by atoms with Crippen molar-refractivity contribution in [3.05, 3.63) is 11.3 Å². The van der Waals surface area contributed by atoms with Gasteiger partial charge >= 0.3 is 12.1 Å². The molecule has 0 aromatic rings. The Morgan fingerprint density at radius 3 is 2.22 bits per heavy atom. The van der Waals surface area contributed by atoms with Crippen molar-refractivity contribution in [1.29, 1.82) is 0 Å². The summed E-state index contributed by atoms with van der Waals surface area (Å²) in [6.45, 7) is 14.5. The van der Waals surface area contributed by atoms with E-state index in [1.54, 1.807) is 6.92 Å². The Kier molecular flexibility index (Phi) is 13.5. The Morgan fingerprint density at radius 2 is 1.78 bits per heavy atom. The van der Waals surface area contributed by atoms with Crippen molar-refractivity contribution in [3.8, 4) is 12.8 Å². The number of piperidine rings is 1. The van der Waals surface area contributed by atoms with Gasteiger partial charge in [0.25, 0.3) is 0 Å². The van der Waals surface area contributed by atoms with Crippen LogP contribution in [0, 0.1) is 12.8 Å². The summed E-state index contributed by atoms with van der Waals surface area (Å²) in [5.74, 6) is -0.586. The molecule has 0 aliphatic carbocycles. The zero-order chi connectivity index (χ0) is 21.6. The van der Waals surface area contributed by atoms with E-state index >= 15 is 0 Å². The number of hydrogen-bond acceptors (Lipinski definition) is 6. The zero-order valence-corrected chi connectivity index (χ0v) is 17.8. The molecule has 7 heteroatoms. The number of likely N-dealkylation sites (tertiary alicyclic amines) is 1. The van der Waals surface area contributed by atoms with Gasteiger partial charge < -0.3 is 20.1 Å². The Hall–Kier alpha value is -2.49. The third kappa shape index (κ3) is 9.69. The summed E-state index contributed by atoms with van der Waals surface area (Å²) in [6.07, 6.45) is 8.10. The Bertz CT molecular complexity index is 557. The molecule has 1 fully saturated rings. The largest absolute Gasteiger partial charge is 0.461 e. The van der Waals surface area contributed by atoms with E-state index in [0.29, 0.717) is 25.1 Å². The third-order valence-electron chi connectivity index (χ3n) is 3.14. The average molecular weight is 382 g/mol. The molecule has 0 saturated carbocycles. The minimum absolute atomic E-state index is 0.00677. The second-order valence-electron chi connectivity index (χ2n) is 6.19. The molecule has 2 N–H and O–H groups in total. The van der Waals surface area contributed by atoms with Crippen LogP contribution in [0.25, 0.3) is 0 Å². The van der Waals surface area contributed by atoms with Crippen molar-refractivity contribution in [2.24, 2.45) is 10.7 Å². The maximum atomic E-state index is 12.2. The molecule has 1 aliphatic heterocycles. The first kappa shape index (κ1) is 26.7. The highest BCUT2D eigenvalue weighted by Crippen LogP contribution is 2.19. The molecule has 1 heterocycles. The predicted molar refractivity (Wildman–Crippen MR) is 109 cm³/mol. The number of esters is 1. The molecule has 0 aromatic carbocycles. The van der Waals surface area contributed by atoms with Crippen molar-refractivity contribution in [3.63, 3.8) is 0 Å². The van der Waals surface area contributed by atoms with Gasteiger partial charge in [-0.05, 0) is 34.6 Å². The summed E-state index contributed by atoms with van der Waals surface area (Å²) in [5, 5.41) is 0. The van der Waals surface area contributed by atoms with Crippen LogP contribution in [0.5, 0.6) is 0 Å². The lowest BCUT2D eigenvalue weighted by Crippen LogP contribution is -2.44. The van der Waals surface area contributed by atoms with Crippen molar-refractivity contribution in [1.82, 2.24) is 4.90 Å². The molecule has 0 atom stereocenters. The number of nitrogens with two attached hydrogens (primary N) is 1. The Morgan fingerprint density at radius 1 is 1.22 bits per heavy atom. The quantitative estimate of drug-likeness (QED) is 0.460. The van der Waals surface area contributed by atoms with E-state index < -0.39 is 17.7 Å². The van der Waals surface area contributed by atoms with Gasteiger partial charge in [-0.2, -0.15) is 0 Å². The van der Waals surface area contributed by atoms with E-state index in [4.69, 9.17) is 15.2 Å². The van der Waals surface area contributed by atoms with Crippen molar-refractivity contribution in [2.75, 3.05) is 26.2 Å². The minimum Gasteiger partial charge on any atom is -0.461 e. The van der Waals surface area contributed by atoms with Gasteiger partial charge in [0.15, 0.2) is 0 Å². The first-order valence-electron chi connectivity index (χ1n) is 9.20. The number of terminal acetylenes is 1. The SMILES string of the molecule is C#C.CC.CCN=C1CCN(C(=O)OC(C)(C)C)C/C1=C(/N)C(=O)OCC. The molecule has 1 aliphatic rings. The third-order valence-corrected chi connectivity index (χ3v) is 3.14. The van der Waals surface area contributed by atoms with Crippen LogP contribution in [0.4, 0.5) is 4.79 Å². The minimum atomic E-state index is -0.586. The molecular formula is C20H35N3O4. The highest BCUT2D eigenvalue weighted by molar-refractivity contribution is 6.07. The molecular weight excluding hydrogens is 346 g/mol. The van der Waals surface area contributed by atoms with Gasteiger partial charge in [-0.15, -0.1) is 12.8 Å². The molecule has 1 saturated heterocycles. The summed E-state index contributed by atoms with van der Waals surface area (Å²) in [7, 11) is 0. The van der Waals surface area contributed by atoms with Crippen molar-refractivity contribution < 1.29 is 19.1 Å². The van der Waals surface area contributed by atoms with Gasteiger partial charge in [0, 0.05) is 30.8 Å². The second-order valence-corrected chi connectivity index (χ2v) is 6.19. The van der Waals surface area contributed by atoms with Gasteiger partial charge in [-0.3, -0.25) is 4.99 Å². The molecule has 0 unspecified atom stereocenters. The molecule has 0 aromatic heterocycles. The molecule has 7 nitrogen and oxygen atoms in total. The summed E-state index contributed by atoms with van der Waals surface area (Å²) < 4.78 is 10.3. The van der Waals surface area contributed by atoms with E-state index in [-0.39, 0.29) is 18.8 Å². The maximum Gasteiger partial charge on any atom is 0.410 e. The van der Waals surface area contributed by atoms with E-state index in [1.165, 1.54) is 4.90 Å². The zero-order valence-electron chi connectivity index (χ0n) is 17.8. The smallest absolute Gasteiger partial charge is 0.410 e. The number of carbonyl (C=O) groups excluding carboxylic acids is 2. The summed E-state index contributed by atoms with van der Waals surface area (Å²) >= 11 is 0. The van der Waals surface area contributed by atoms with Crippen LogP contribution in [-0.2, 0) is 14.3 Å². The van der Waals surface area contributed by atoms with Gasteiger partial charge in [-0.1, -0.05) is 13.8 Å². The van der Waals surface area contributed by atoms with Crippen LogP contribution in [-0.4, -0.2) is 54.5 Å². The first-order valence-corrected chi connectivity index (χ1v) is 9.20. The van der Waals surface area contributed by atoms with Crippen LogP contribution >= 0.6 is 0 Å². The Labute approximate surface area is 164 Å². The van der Waals surface area contributed by atoms with Gasteiger partial charge in [-0.25, -0.2) is 9.59 Å². The standard InChI is InChI=1S/C16H27N3O4.C2H6.C2H2/c1-6-18-12-8-9-19(15(21)23-16(3,4)5)10-11(12)13(17)14(20)22-7-2;2*1-2/h6-10,17H2,1-5H3;1-2H3;1-2H/b13-11-,18-12?;;. The molecule has 0 radical (unpaired) electrons. The van der Waals surface area contributed by atoms with Crippen LogP contribution in [0.15, 0.2) is 16.3 Å². The number of rotatable bonds is 3. The molecule has 1 rings (SSSR count). The average Bonchev–Trinajstić information content (AvgIpc) is 2.63. The van der Waals surface area contributed by atoms with Gasteiger partial charge in [0.2, 0.25) is 0 Å². The lowest BCUT2D eigenvalue weighted by molar-refractivity contribution is -0.138. The molecule has 0 spiro atoms. The highest BCUT2D eigenvalue weighted by atomic mass is 16.6. The number of hydrogen-bond donors (Lipinski definition) is 1. The number of ether oxygens (including phenoxy) is 2. The fourth-order valence-corrected chi connectivity index (χ4v) is 2.17. The maximum absolute atomic E-state index is 12.2. The molecule has 1 amide bonds. The number of amides is 1. The van der Waals surface area contributed by atoms with Crippen LogP contribution in [0.2, 0.25) is 0 Å². The van der Waals surface area contributed by atoms with Crippen LogP contribution in [0.3, 0.4) is 0 Å². The molecule has 154 valence electrons. The fraction of sp³-hybridized carbons (Fsp3) is 0.650. The summed E-state index contributed by atoms with van der Waals surface area (Å²) in [6, 6.07) is 0. The van der Waals surface area contributed by atoms with Gasteiger partial charge in [0.05, 0.1) is 13.2 Å². The number of carbonyl (C=O) groups is 2. The van der Waals surface area contributed by atoms with Crippen molar-refractivity contribution in [2.45, 2.75) is 60.5 Å². The number of aliphatic imine (C=N–C) groups is 1. The highest BCUT2D eigenvalue weighted by Gasteiger charge is 2.30. The monoisotopic (exact) mass is 381 g/mol. The van der Waals surface area contributed by atoms with E-state index in [1.807, 2.05) is 41.5 Å².